The molecule has 0 unspecified atom stereocenters. The predicted molar refractivity (Wildman–Crippen MR) is 72.3 cm³/mol. The fraction of sp³-hybridized carbons (Fsp3) is 0.0769. The van der Waals surface area contributed by atoms with Gasteiger partial charge in [-0.15, -0.1) is 10.2 Å². The highest BCUT2D eigenvalue weighted by Crippen LogP contribution is 2.23. The number of ether oxygens (including phenoxy) is 1. The Morgan fingerprint density at radius 1 is 1.10 bits per heavy atom. The fourth-order valence-corrected chi connectivity index (χ4v) is 3.01. The lowest BCUT2D eigenvalue weighted by molar-refractivity contribution is 0.389. The molecule has 0 saturated heterocycles. The van der Waals surface area contributed by atoms with Crippen LogP contribution < -0.4 is 4.74 Å². The minimum Gasteiger partial charge on any atom is -0.480 e. The SMILES string of the molecule is COc1ccc(S(=O)(=O)c2cc3ccccc3[nH]2)nn1. The number of aromatic amines is 1. The molecule has 6 nitrogen and oxygen atoms in total. The summed E-state index contributed by atoms with van der Waals surface area (Å²) in [5, 5.41) is 8.16. The van der Waals surface area contributed by atoms with Gasteiger partial charge in [0.25, 0.3) is 0 Å². The number of fused-ring (bicyclic) bond motifs is 1. The maximum Gasteiger partial charge on any atom is 0.240 e. The van der Waals surface area contributed by atoms with Crippen LogP contribution in [0.3, 0.4) is 0 Å². The first-order valence-electron chi connectivity index (χ1n) is 5.82. The maximum absolute atomic E-state index is 12.4. The molecule has 20 heavy (non-hydrogen) atoms. The Balaban J connectivity index is 2.10. The second-order valence-corrected chi connectivity index (χ2v) is 6.00. The molecule has 2 aromatic heterocycles. The summed E-state index contributed by atoms with van der Waals surface area (Å²) in [6.45, 7) is 0. The Labute approximate surface area is 115 Å². The largest absolute Gasteiger partial charge is 0.480 e. The second kappa shape index (κ2) is 4.61. The van der Waals surface area contributed by atoms with E-state index >= 15 is 0 Å². The van der Waals surface area contributed by atoms with Gasteiger partial charge >= 0.3 is 0 Å². The molecular weight excluding hydrogens is 278 g/mol. The Morgan fingerprint density at radius 3 is 2.55 bits per heavy atom. The minimum absolute atomic E-state index is 0.0955. The van der Waals surface area contributed by atoms with E-state index in [1.807, 2.05) is 24.3 Å². The van der Waals surface area contributed by atoms with Gasteiger partial charge in [0, 0.05) is 17.0 Å². The molecule has 3 aromatic rings. The Bertz CT molecular complexity index is 821. The molecule has 7 heteroatoms. The van der Waals surface area contributed by atoms with E-state index < -0.39 is 9.84 Å². The third-order valence-electron chi connectivity index (χ3n) is 2.89. The molecule has 0 aliphatic carbocycles. The first kappa shape index (κ1) is 12.6. The Hall–Kier alpha value is -2.41. The zero-order chi connectivity index (χ0) is 14.2. The van der Waals surface area contributed by atoms with E-state index in [9.17, 15) is 8.42 Å². The van der Waals surface area contributed by atoms with E-state index in [-0.39, 0.29) is 15.9 Å². The third kappa shape index (κ3) is 2.01. The quantitative estimate of drug-likeness (QED) is 0.794. The zero-order valence-corrected chi connectivity index (χ0v) is 11.4. The van der Waals surface area contributed by atoms with Gasteiger partial charge in [-0.25, -0.2) is 8.42 Å². The summed E-state index contributed by atoms with van der Waals surface area (Å²) in [6.07, 6.45) is 0. The summed E-state index contributed by atoms with van der Waals surface area (Å²) in [5.74, 6) is 0.264. The van der Waals surface area contributed by atoms with Crippen molar-refractivity contribution in [2.24, 2.45) is 0 Å². The number of hydrogen-bond acceptors (Lipinski definition) is 5. The van der Waals surface area contributed by atoms with Crippen molar-refractivity contribution < 1.29 is 13.2 Å². The summed E-state index contributed by atoms with van der Waals surface area (Å²) < 4.78 is 29.7. The molecule has 0 fully saturated rings. The zero-order valence-electron chi connectivity index (χ0n) is 10.6. The lowest BCUT2D eigenvalue weighted by Gasteiger charge is -2.01. The molecule has 0 saturated carbocycles. The number of hydrogen-bond donors (Lipinski definition) is 1. The van der Waals surface area contributed by atoms with Crippen LogP contribution in [0.5, 0.6) is 5.88 Å². The van der Waals surface area contributed by atoms with E-state index in [0.717, 1.165) is 10.9 Å². The number of benzene rings is 1. The number of sulfone groups is 1. The molecule has 0 amide bonds. The standard InChI is InChI=1S/C13H11N3O3S/c1-19-11-6-7-12(16-15-11)20(17,18)13-8-9-4-2-3-5-10(9)14-13/h2-8,14H,1H3. The van der Waals surface area contributed by atoms with Gasteiger partial charge in [-0.1, -0.05) is 18.2 Å². The number of H-pyrrole nitrogens is 1. The summed E-state index contributed by atoms with van der Waals surface area (Å²) in [6, 6.07) is 11.7. The number of para-hydroxylation sites is 1. The van der Waals surface area contributed by atoms with Gasteiger partial charge in [0.05, 0.1) is 7.11 Å². The van der Waals surface area contributed by atoms with Crippen LogP contribution in [0.25, 0.3) is 10.9 Å². The van der Waals surface area contributed by atoms with Crippen molar-refractivity contribution in [2.45, 2.75) is 10.1 Å². The van der Waals surface area contributed by atoms with E-state index in [1.54, 1.807) is 6.07 Å². The van der Waals surface area contributed by atoms with Crippen molar-refractivity contribution in [2.75, 3.05) is 7.11 Å². The van der Waals surface area contributed by atoms with Gasteiger partial charge in [0.1, 0.15) is 5.03 Å². The molecule has 3 rings (SSSR count). The van der Waals surface area contributed by atoms with Crippen LogP contribution in [0.4, 0.5) is 0 Å². The molecular formula is C13H11N3O3S. The molecule has 0 radical (unpaired) electrons. The Morgan fingerprint density at radius 2 is 1.90 bits per heavy atom. The summed E-state index contributed by atoms with van der Waals surface area (Å²) >= 11 is 0. The monoisotopic (exact) mass is 289 g/mol. The maximum atomic E-state index is 12.4. The van der Waals surface area contributed by atoms with E-state index in [2.05, 4.69) is 15.2 Å². The molecule has 102 valence electrons. The minimum atomic E-state index is -3.71. The molecule has 2 heterocycles. The average molecular weight is 289 g/mol. The number of nitrogens with zero attached hydrogens (tertiary/aromatic N) is 2. The van der Waals surface area contributed by atoms with Crippen LogP contribution in [0.1, 0.15) is 0 Å². The van der Waals surface area contributed by atoms with Crippen molar-refractivity contribution >= 4 is 20.7 Å². The molecule has 0 atom stereocenters. The van der Waals surface area contributed by atoms with Crippen LogP contribution >= 0.6 is 0 Å². The molecule has 0 bridgehead atoms. The van der Waals surface area contributed by atoms with Gasteiger partial charge in [0.2, 0.25) is 15.7 Å². The van der Waals surface area contributed by atoms with Crippen molar-refractivity contribution in [1.82, 2.24) is 15.2 Å². The summed E-state index contributed by atoms with van der Waals surface area (Å²) in [7, 11) is -2.27. The lowest BCUT2D eigenvalue weighted by Crippen LogP contribution is -2.06. The van der Waals surface area contributed by atoms with Crippen LogP contribution in [0.2, 0.25) is 0 Å². The lowest BCUT2D eigenvalue weighted by atomic mass is 10.3. The summed E-state index contributed by atoms with van der Waals surface area (Å²) in [4.78, 5) is 2.88. The molecule has 0 aliphatic rings. The average Bonchev–Trinajstić information content (AvgIpc) is 2.92. The predicted octanol–water partition coefficient (Wildman–Crippen LogP) is 1.80. The van der Waals surface area contributed by atoms with Gasteiger partial charge in [-0.3, -0.25) is 0 Å². The normalized spacial score (nSPS) is 11.7. The highest BCUT2D eigenvalue weighted by molar-refractivity contribution is 7.91. The number of methoxy groups -OCH3 is 1. The van der Waals surface area contributed by atoms with Crippen LogP contribution in [-0.2, 0) is 9.84 Å². The van der Waals surface area contributed by atoms with Crippen molar-refractivity contribution in [1.29, 1.82) is 0 Å². The highest BCUT2D eigenvalue weighted by Gasteiger charge is 2.22. The molecule has 0 spiro atoms. The summed E-state index contributed by atoms with van der Waals surface area (Å²) in [5.41, 5.74) is 0.757. The van der Waals surface area contributed by atoms with Crippen LogP contribution in [-0.4, -0.2) is 30.7 Å². The smallest absolute Gasteiger partial charge is 0.240 e. The topological polar surface area (TPSA) is 84.9 Å². The number of rotatable bonds is 3. The van der Waals surface area contributed by atoms with Crippen molar-refractivity contribution in [3.8, 4) is 5.88 Å². The van der Waals surface area contributed by atoms with Gasteiger partial charge in [-0.05, 0) is 18.2 Å². The highest BCUT2D eigenvalue weighted by atomic mass is 32.2. The fourth-order valence-electron chi connectivity index (χ4n) is 1.86. The van der Waals surface area contributed by atoms with Crippen LogP contribution in [0, 0.1) is 0 Å². The molecule has 1 N–H and O–H groups in total. The van der Waals surface area contributed by atoms with Gasteiger partial charge < -0.3 is 9.72 Å². The van der Waals surface area contributed by atoms with Crippen molar-refractivity contribution in [3.63, 3.8) is 0 Å². The number of aromatic nitrogens is 3. The Kier molecular flexibility index (Phi) is 2.90. The van der Waals surface area contributed by atoms with Crippen molar-refractivity contribution in [3.05, 3.63) is 42.5 Å². The van der Waals surface area contributed by atoms with Crippen LogP contribution in [0.15, 0.2) is 52.5 Å². The third-order valence-corrected chi connectivity index (χ3v) is 4.46. The first-order valence-corrected chi connectivity index (χ1v) is 7.30. The molecule has 1 aromatic carbocycles. The van der Waals surface area contributed by atoms with E-state index in [1.165, 1.54) is 19.2 Å². The number of nitrogens with one attached hydrogen (secondary N) is 1. The van der Waals surface area contributed by atoms with Gasteiger partial charge in [-0.2, -0.15) is 0 Å². The van der Waals surface area contributed by atoms with Gasteiger partial charge in [0.15, 0.2) is 5.03 Å². The second-order valence-electron chi connectivity index (χ2n) is 4.14. The van der Waals surface area contributed by atoms with E-state index in [4.69, 9.17) is 4.74 Å². The van der Waals surface area contributed by atoms with E-state index in [0.29, 0.717) is 0 Å². The molecule has 0 aliphatic heterocycles. The first-order chi connectivity index (χ1) is 9.61.